The van der Waals surface area contributed by atoms with Crippen LogP contribution in [0.4, 0.5) is 5.69 Å². The molecule has 1 aromatic heterocycles. The summed E-state index contributed by atoms with van der Waals surface area (Å²) in [5.74, 6) is 0.684. The normalized spacial score (nSPS) is 10.6. The second kappa shape index (κ2) is 9.90. The standard InChI is InChI=1S/C25H19N3O4/c29-24(27-19-11-13-21(14-12-19)31-20-9-5-2-6-10-20)25(30)28-26-17-22-15-16-23(32-22)18-7-3-1-4-8-18/h1-17H,(H,27,29)(H,28,30). The van der Waals surface area contributed by atoms with Crippen molar-refractivity contribution in [2.75, 3.05) is 5.32 Å². The Morgan fingerprint density at radius 2 is 1.41 bits per heavy atom. The minimum Gasteiger partial charge on any atom is -0.457 e. The van der Waals surface area contributed by atoms with Crippen molar-refractivity contribution in [1.29, 1.82) is 0 Å². The summed E-state index contributed by atoms with van der Waals surface area (Å²) in [6, 6.07) is 29.1. The molecule has 4 rings (SSSR count). The maximum Gasteiger partial charge on any atom is 0.329 e. The third-order valence-electron chi connectivity index (χ3n) is 4.34. The molecule has 7 nitrogen and oxygen atoms in total. The van der Waals surface area contributed by atoms with Gasteiger partial charge in [-0.2, -0.15) is 5.10 Å². The van der Waals surface area contributed by atoms with Crippen molar-refractivity contribution in [1.82, 2.24) is 5.43 Å². The van der Waals surface area contributed by atoms with E-state index in [1.54, 1.807) is 36.4 Å². The number of nitrogens with one attached hydrogen (secondary N) is 2. The SMILES string of the molecule is O=C(NN=Cc1ccc(-c2ccccc2)o1)C(=O)Nc1ccc(Oc2ccccc2)cc1. The van der Waals surface area contributed by atoms with Crippen LogP contribution in [-0.2, 0) is 9.59 Å². The lowest BCUT2D eigenvalue weighted by Gasteiger charge is -2.07. The number of furan rings is 1. The average molecular weight is 425 g/mol. The van der Waals surface area contributed by atoms with E-state index in [1.807, 2.05) is 60.7 Å². The molecule has 0 bridgehead atoms. The number of hydrogen-bond donors (Lipinski definition) is 2. The molecule has 2 N–H and O–H groups in total. The van der Waals surface area contributed by atoms with Gasteiger partial charge in [-0.1, -0.05) is 48.5 Å². The number of anilines is 1. The minimum absolute atomic E-state index is 0.443. The summed E-state index contributed by atoms with van der Waals surface area (Å²) in [5.41, 5.74) is 3.56. The van der Waals surface area contributed by atoms with Crippen molar-refractivity contribution < 1.29 is 18.7 Å². The van der Waals surface area contributed by atoms with E-state index >= 15 is 0 Å². The molecule has 7 heteroatoms. The highest BCUT2D eigenvalue weighted by Crippen LogP contribution is 2.23. The lowest BCUT2D eigenvalue weighted by Crippen LogP contribution is -2.32. The zero-order valence-corrected chi connectivity index (χ0v) is 16.9. The number of hydrazone groups is 1. The zero-order valence-electron chi connectivity index (χ0n) is 16.9. The van der Waals surface area contributed by atoms with E-state index in [-0.39, 0.29) is 0 Å². The molecule has 1 heterocycles. The summed E-state index contributed by atoms with van der Waals surface area (Å²) in [6.45, 7) is 0. The van der Waals surface area contributed by atoms with Gasteiger partial charge in [-0.15, -0.1) is 0 Å². The summed E-state index contributed by atoms with van der Waals surface area (Å²) in [6.07, 6.45) is 1.33. The first-order valence-electron chi connectivity index (χ1n) is 9.80. The largest absolute Gasteiger partial charge is 0.457 e. The highest BCUT2D eigenvalue weighted by Gasteiger charge is 2.13. The Labute approximate surface area is 184 Å². The van der Waals surface area contributed by atoms with Crippen LogP contribution in [-0.4, -0.2) is 18.0 Å². The summed E-state index contributed by atoms with van der Waals surface area (Å²) in [5, 5.41) is 6.28. The van der Waals surface area contributed by atoms with Crippen molar-refractivity contribution in [3.63, 3.8) is 0 Å². The topological polar surface area (TPSA) is 92.9 Å². The molecular formula is C25H19N3O4. The van der Waals surface area contributed by atoms with Crippen LogP contribution in [0.5, 0.6) is 11.5 Å². The Morgan fingerprint density at radius 1 is 0.750 bits per heavy atom. The zero-order chi connectivity index (χ0) is 22.2. The fourth-order valence-corrected chi connectivity index (χ4v) is 2.80. The monoisotopic (exact) mass is 425 g/mol. The maximum atomic E-state index is 12.1. The van der Waals surface area contributed by atoms with E-state index in [9.17, 15) is 9.59 Å². The number of carbonyl (C=O) groups is 2. The molecule has 0 aliphatic rings. The molecule has 0 saturated heterocycles. The third-order valence-corrected chi connectivity index (χ3v) is 4.34. The summed E-state index contributed by atoms with van der Waals surface area (Å²) in [7, 11) is 0. The third kappa shape index (κ3) is 5.48. The van der Waals surface area contributed by atoms with Gasteiger partial charge in [0, 0.05) is 11.3 Å². The van der Waals surface area contributed by atoms with Gasteiger partial charge >= 0.3 is 11.8 Å². The molecule has 0 saturated carbocycles. The lowest BCUT2D eigenvalue weighted by molar-refractivity contribution is -0.136. The average Bonchev–Trinajstić information content (AvgIpc) is 3.30. The number of benzene rings is 3. The van der Waals surface area contributed by atoms with E-state index in [2.05, 4.69) is 15.8 Å². The van der Waals surface area contributed by atoms with Crippen LogP contribution in [0.15, 0.2) is 107 Å². The molecule has 0 unspecified atom stereocenters. The number of ether oxygens (including phenoxy) is 1. The van der Waals surface area contributed by atoms with Crippen molar-refractivity contribution in [2.24, 2.45) is 5.10 Å². The predicted molar refractivity (Wildman–Crippen MR) is 121 cm³/mol. The van der Waals surface area contributed by atoms with Crippen LogP contribution in [0.3, 0.4) is 0 Å². The molecule has 0 spiro atoms. The molecule has 4 aromatic rings. The van der Waals surface area contributed by atoms with E-state index in [0.29, 0.717) is 28.7 Å². The molecule has 2 amide bonds. The lowest BCUT2D eigenvalue weighted by atomic mass is 10.2. The van der Waals surface area contributed by atoms with Gasteiger partial charge in [-0.25, -0.2) is 5.43 Å². The second-order valence-corrected chi connectivity index (χ2v) is 6.66. The molecule has 158 valence electrons. The van der Waals surface area contributed by atoms with Gasteiger partial charge < -0.3 is 14.5 Å². The maximum absolute atomic E-state index is 12.1. The number of rotatable bonds is 6. The summed E-state index contributed by atoms with van der Waals surface area (Å²) in [4.78, 5) is 24.0. The first kappa shape index (κ1) is 20.6. The number of hydrogen-bond acceptors (Lipinski definition) is 5. The quantitative estimate of drug-likeness (QED) is 0.263. The first-order chi connectivity index (χ1) is 15.7. The van der Waals surface area contributed by atoms with Crippen molar-refractivity contribution >= 4 is 23.7 Å². The van der Waals surface area contributed by atoms with Crippen molar-refractivity contribution in [3.8, 4) is 22.8 Å². The van der Waals surface area contributed by atoms with Gasteiger partial charge in [0.1, 0.15) is 23.0 Å². The minimum atomic E-state index is -0.902. The van der Waals surface area contributed by atoms with Crippen LogP contribution in [0, 0.1) is 0 Å². The Balaban J connectivity index is 1.28. The van der Waals surface area contributed by atoms with Crippen LogP contribution in [0.1, 0.15) is 5.76 Å². The molecule has 3 aromatic carbocycles. The molecule has 0 radical (unpaired) electrons. The highest BCUT2D eigenvalue weighted by atomic mass is 16.5. The number of carbonyl (C=O) groups excluding carboxylic acids is 2. The molecule has 32 heavy (non-hydrogen) atoms. The number of amides is 2. The van der Waals surface area contributed by atoms with Crippen molar-refractivity contribution in [3.05, 3.63) is 103 Å². The second-order valence-electron chi connectivity index (χ2n) is 6.66. The van der Waals surface area contributed by atoms with Crippen LogP contribution < -0.4 is 15.5 Å². The molecule has 0 aliphatic carbocycles. The Kier molecular flexibility index (Phi) is 6.38. The Hall–Kier alpha value is -4.65. The number of para-hydroxylation sites is 1. The Bertz CT molecular complexity index is 1220. The van der Waals surface area contributed by atoms with E-state index in [4.69, 9.17) is 9.15 Å². The van der Waals surface area contributed by atoms with E-state index in [1.165, 1.54) is 6.21 Å². The highest BCUT2D eigenvalue weighted by molar-refractivity contribution is 6.39. The predicted octanol–water partition coefficient (Wildman–Crippen LogP) is 4.83. The van der Waals surface area contributed by atoms with Gasteiger partial charge in [0.2, 0.25) is 0 Å². The van der Waals surface area contributed by atoms with E-state index < -0.39 is 11.8 Å². The van der Waals surface area contributed by atoms with Crippen molar-refractivity contribution in [2.45, 2.75) is 0 Å². The molecule has 0 atom stereocenters. The molecule has 0 aliphatic heterocycles. The van der Waals surface area contributed by atoms with Crippen LogP contribution >= 0.6 is 0 Å². The smallest absolute Gasteiger partial charge is 0.329 e. The summed E-state index contributed by atoms with van der Waals surface area (Å²) >= 11 is 0. The van der Waals surface area contributed by atoms with E-state index in [0.717, 1.165) is 5.56 Å². The fraction of sp³-hybridized carbons (Fsp3) is 0. The Morgan fingerprint density at radius 3 is 2.12 bits per heavy atom. The van der Waals surface area contributed by atoms with Gasteiger partial charge in [0.05, 0.1) is 6.21 Å². The van der Waals surface area contributed by atoms with Gasteiger partial charge in [-0.3, -0.25) is 9.59 Å². The number of nitrogens with zero attached hydrogens (tertiary/aromatic N) is 1. The van der Waals surface area contributed by atoms with Gasteiger partial charge in [0.15, 0.2) is 0 Å². The van der Waals surface area contributed by atoms with Gasteiger partial charge in [0.25, 0.3) is 0 Å². The van der Waals surface area contributed by atoms with Gasteiger partial charge in [-0.05, 0) is 48.5 Å². The molecule has 0 fully saturated rings. The summed E-state index contributed by atoms with van der Waals surface area (Å²) < 4.78 is 11.3. The fourth-order valence-electron chi connectivity index (χ4n) is 2.80. The van der Waals surface area contributed by atoms with Crippen LogP contribution in [0.2, 0.25) is 0 Å². The van der Waals surface area contributed by atoms with Crippen LogP contribution in [0.25, 0.3) is 11.3 Å². The first-order valence-corrected chi connectivity index (χ1v) is 9.80. The molecular weight excluding hydrogens is 406 g/mol.